The molecule has 0 spiro atoms. The summed E-state index contributed by atoms with van der Waals surface area (Å²) in [6, 6.07) is 0. The average Bonchev–Trinajstić information content (AvgIpc) is 1.81. The summed E-state index contributed by atoms with van der Waals surface area (Å²) in [6.07, 6.45) is 3.84. The average molecular weight is 120 g/mol. The molecule has 0 aliphatic heterocycles. The molecule has 48 valence electrons. The zero-order chi connectivity index (χ0) is 6.24. The van der Waals surface area contributed by atoms with Crippen LogP contribution in [0.25, 0.3) is 0 Å². The van der Waals surface area contributed by atoms with E-state index in [1.807, 2.05) is 0 Å². The lowest BCUT2D eigenvalue weighted by molar-refractivity contribution is 0.463. The van der Waals surface area contributed by atoms with Crippen LogP contribution >= 0.6 is 0 Å². The van der Waals surface area contributed by atoms with E-state index in [0.29, 0.717) is 19.2 Å². The molecule has 0 aliphatic carbocycles. The van der Waals surface area contributed by atoms with Crippen molar-refractivity contribution in [2.24, 2.45) is 0 Å². The predicted molar refractivity (Wildman–Crippen MR) is 30.1 cm³/mol. The van der Waals surface area contributed by atoms with Gasteiger partial charge in [0.25, 0.3) is 0 Å². The van der Waals surface area contributed by atoms with Crippen LogP contribution in [0.5, 0.6) is 0 Å². The number of rotatable bonds is 4. The summed E-state index contributed by atoms with van der Waals surface area (Å²) >= 11 is 0. The Bertz CT molecular complexity index is 59.5. The SMILES string of the molecule is F/C=C/CCCCF. The van der Waals surface area contributed by atoms with Gasteiger partial charge in [-0.2, -0.15) is 0 Å². The lowest BCUT2D eigenvalue weighted by Gasteiger charge is -1.86. The van der Waals surface area contributed by atoms with Gasteiger partial charge in [-0.3, -0.25) is 4.39 Å². The highest BCUT2D eigenvalue weighted by Crippen LogP contribution is 1.96. The first-order valence-electron chi connectivity index (χ1n) is 2.73. The molecule has 2 heteroatoms. The van der Waals surface area contributed by atoms with Gasteiger partial charge in [0.2, 0.25) is 0 Å². The van der Waals surface area contributed by atoms with Crippen molar-refractivity contribution in [3.8, 4) is 0 Å². The Hall–Kier alpha value is -0.400. The molecule has 0 aromatic carbocycles. The van der Waals surface area contributed by atoms with Crippen LogP contribution in [-0.2, 0) is 0 Å². The van der Waals surface area contributed by atoms with Crippen molar-refractivity contribution in [3.63, 3.8) is 0 Å². The van der Waals surface area contributed by atoms with Gasteiger partial charge in [-0.25, -0.2) is 4.39 Å². The van der Waals surface area contributed by atoms with E-state index >= 15 is 0 Å². The Balaban J connectivity index is 2.72. The van der Waals surface area contributed by atoms with Crippen LogP contribution in [0.3, 0.4) is 0 Å². The van der Waals surface area contributed by atoms with Gasteiger partial charge in [-0.15, -0.1) is 0 Å². The first-order valence-corrected chi connectivity index (χ1v) is 2.73. The van der Waals surface area contributed by atoms with Crippen molar-refractivity contribution >= 4 is 0 Å². The van der Waals surface area contributed by atoms with E-state index in [1.165, 1.54) is 6.08 Å². The third kappa shape index (κ3) is 5.60. The molecule has 0 nitrogen and oxygen atoms in total. The first kappa shape index (κ1) is 7.60. The molecule has 0 heterocycles. The van der Waals surface area contributed by atoms with Crippen molar-refractivity contribution < 1.29 is 8.78 Å². The quantitative estimate of drug-likeness (QED) is 0.500. The van der Waals surface area contributed by atoms with E-state index in [1.54, 1.807) is 0 Å². The molecule has 0 aliphatic rings. The van der Waals surface area contributed by atoms with E-state index in [-0.39, 0.29) is 6.67 Å². The number of alkyl halides is 1. The predicted octanol–water partition coefficient (Wildman–Crippen LogP) is 2.61. The van der Waals surface area contributed by atoms with Gasteiger partial charge in [0, 0.05) is 0 Å². The third-order valence-corrected chi connectivity index (χ3v) is 0.844. The van der Waals surface area contributed by atoms with E-state index < -0.39 is 0 Å². The van der Waals surface area contributed by atoms with Gasteiger partial charge in [-0.1, -0.05) is 6.08 Å². The highest BCUT2D eigenvalue weighted by molar-refractivity contribution is 4.70. The second kappa shape index (κ2) is 6.60. The molecule has 0 bridgehead atoms. The van der Waals surface area contributed by atoms with Gasteiger partial charge >= 0.3 is 0 Å². The van der Waals surface area contributed by atoms with Crippen LogP contribution in [-0.4, -0.2) is 6.67 Å². The topological polar surface area (TPSA) is 0 Å². The lowest BCUT2D eigenvalue weighted by Crippen LogP contribution is -1.73. The Morgan fingerprint density at radius 2 is 2.00 bits per heavy atom. The second-order valence-corrected chi connectivity index (χ2v) is 1.55. The van der Waals surface area contributed by atoms with Crippen LogP contribution in [0.4, 0.5) is 8.78 Å². The van der Waals surface area contributed by atoms with Crippen molar-refractivity contribution in [3.05, 3.63) is 12.4 Å². The van der Waals surface area contributed by atoms with E-state index in [4.69, 9.17) is 0 Å². The number of unbranched alkanes of at least 4 members (excludes halogenated alkanes) is 2. The molecule has 0 saturated carbocycles. The first-order chi connectivity index (χ1) is 3.91. The van der Waals surface area contributed by atoms with Crippen molar-refractivity contribution in [1.82, 2.24) is 0 Å². The fourth-order valence-electron chi connectivity index (χ4n) is 0.420. The molecule has 0 aromatic rings. The largest absolute Gasteiger partial charge is 0.251 e. The Morgan fingerprint density at radius 3 is 2.50 bits per heavy atom. The summed E-state index contributed by atoms with van der Waals surface area (Å²) < 4.78 is 22.4. The number of allylic oxidation sites excluding steroid dienone is 1. The van der Waals surface area contributed by atoms with Crippen molar-refractivity contribution in [1.29, 1.82) is 0 Å². The van der Waals surface area contributed by atoms with Gasteiger partial charge in [0.05, 0.1) is 13.0 Å². The smallest absolute Gasteiger partial charge is 0.0894 e. The molecule has 0 radical (unpaired) electrons. The van der Waals surface area contributed by atoms with Crippen molar-refractivity contribution in [2.75, 3.05) is 6.67 Å². The molecular weight excluding hydrogens is 110 g/mol. The normalized spacial score (nSPS) is 10.8. The summed E-state index contributed by atoms with van der Waals surface area (Å²) in [5, 5.41) is 0. The summed E-state index contributed by atoms with van der Waals surface area (Å²) in [6.45, 7) is -0.292. The van der Waals surface area contributed by atoms with Crippen LogP contribution in [0.1, 0.15) is 19.3 Å². The van der Waals surface area contributed by atoms with Gasteiger partial charge in [0.15, 0.2) is 0 Å². The summed E-state index contributed by atoms with van der Waals surface area (Å²) in [4.78, 5) is 0. The van der Waals surface area contributed by atoms with E-state index in [0.717, 1.165) is 6.42 Å². The van der Waals surface area contributed by atoms with E-state index in [2.05, 4.69) is 0 Å². The zero-order valence-corrected chi connectivity index (χ0v) is 4.74. The fourth-order valence-corrected chi connectivity index (χ4v) is 0.420. The molecule has 0 rings (SSSR count). The number of hydrogen-bond donors (Lipinski definition) is 0. The standard InChI is InChI=1S/C6H10F2/c7-5-3-1-2-4-6-8/h3,5H,1-2,4,6H2/b5-3+. The minimum atomic E-state index is -0.292. The molecule has 8 heavy (non-hydrogen) atoms. The molecule has 0 saturated heterocycles. The highest BCUT2D eigenvalue weighted by atomic mass is 19.1. The van der Waals surface area contributed by atoms with E-state index in [9.17, 15) is 8.78 Å². The molecule has 0 fully saturated rings. The Kier molecular flexibility index (Phi) is 6.27. The maximum Gasteiger partial charge on any atom is 0.0894 e. The van der Waals surface area contributed by atoms with Crippen LogP contribution in [0, 0.1) is 0 Å². The summed E-state index contributed by atoms with van der Waals surface area (Å²) in [7, 11) is 0. The van der Waals surface area contributed by atoms with Crippen LogP contribution in [0.2, 0.25) is 0 Å². The zero-order valence-electron chi connectivity index (χ0n) is 4.74. The summed E-state index contributed by atoms with van der Waals surface area (Å²) in [5.74, 6) is 0. The van der Waals surface area contributed by atoms with Gasteiger partial charge in [0.1, 0.15) is 0 Å². The minimum absolute atomic E-state index is 0.292. The second-order valence-electron chi connectivity index (χ2n) is 1.55. The molecule has 0 aromatic heterocycles. The fraction of sp³-hybridized carbons (Fsp3) is 0.667. The Labute approximate surface area is 48.2 Å². The van der Waals surface area contributed by atoms with Crippen molar-refractivity contribution in [2.45, 2.75) is 19.3 Å². The van der Waals surface area contributed by atoms with Gasteiger partial charge in [-0.05, 0) is 19.3 Å². The maximum absolute atomic E-state index is 11.3. The monoisotopic (exact) mass is 120 g/mol. The maximum atomic E-state index is 11.3. The molecule has 0 N–H and O–H groups in total. The minimum Gasteiger partial charge on any atom is -0.251 e. The van der Waals surface area contributed by atoms with Crippen LogP contribution in [0.15, 0.2) is 12.4 Å². The Morgan fingerprint density at radius 1 is 1.25 bits per heavy atom. The van der Waals surface area contributed by atoms with Crippen LogP contribution < -0.4 is 0 Å². The number of halogens is 2. The number of hydrogen-bond acceptors (Lipinski definition) is 0. The molecule has 0 amide bonds. The molecule has 0 unspecified atom stereocenters. The third-order valence-electron chi connectivity index (χ3n) is 0.844. The van der Waals surface area contributed by atoms with Gasteiger partial charge < -0.3 is 0 Å². The molecular formula is C6H10F2. The summed E-state index contributed by atoms with van der Waals surface area (Å²) in [5.41, 5.74) is 0. The lowest BCUT2D eigenvalue weighted by atomic mass is 10.2. The molecule has 0 atom stereocenters. The highest BCUT2D eigenvalue weighted by Gasteiger charge is 1.81.